The molecule has 0 fully saturated rings. The van der Waals surface area contributed by atoms with Gasteiger partial charge in [0.05, 0.1) is 7.11 Å². The summed E-state index contributed by atoms with van der Waals surface area (Å²) in [6, 6.07) is 6.08. The highest BCUT2D eigenvalue weighted by atomic mass is 16.5. The molecule has 1 aromatic carbocycles. The van der Waals surface area contributed by atoms with E-state index in [9.17, 15) is 0 Å². The lowest BCUT2D eigenvalue weighted by molar-refractivity contribution is 0.411. The van der Waals surface area contributed by atoms with Gasteiger partial charge in [-0.1, -0.05) is 32.1 Å². The lowest BCUT2D eigenvalue weighted by Gasteiger charge is -2.06. The van der Waals surface area contributed by atoms with Gasteiger partial charge in [-0.05, 0) is 37.1 Å². The number of hydrogen-bond donors (Lipinski definition) is 0. The van der Waals surface area contributed by atoms with Crippen LogP contribution in [0, 0.1) is 6.92 Å². The van der Waals surface area contributed by atoms with Gasteiger partial charge in [-0.15, -0.1) is 0 Å². The van der Waals surface area contributed by atoms with Crippen LogP contribution >= 0.6 is 0 Å². The minimum Gasteiger partial charge on any atom is -0.496 e. The van der Waals surface area contributed by atoms with Crippen molar-refractivity contribution in [3.8, 4) is 5.75 Å². The Labute approximate surface area is 87.4 Å². The fourth-order valence-electron chi connectivity index (χ4n) is 1.14. The van der Waals surface area contributed by atoms with E-state index in [4.69, 9.17) is 4.74 Å². The highest BCUT2D eigenvalue weighted by Crippen LogP contribution is 2.21. The lowest BCUT2D eigenvalue weighted by Crippen LogP contribution is -1.88. The number of methoxy groups -OCH3 is 1. The van der Waals surface area contributed by atoms with Gasteiger partial charge in [-0.25, -0.2) is 0 Å². The summed E-state index contributed by atoms with van der Waals surface area (Å²) in [7, 11) is 1.68. The van der Waals surface area contributed by atoms with Crippen molar-refractivity contribution >= 4 is 5.57 Å². The molecule has 1 rings (SSSR count). The van der Waals surface area contributed by atoms with Gasteiger partial charge in [0.15, 0.2) is 0 Å². The number of hydrogen-bond acceptors (Lipinski definition) is 1. The molecule has 0 aliphatic rings. The highest BCUT2D eigenvalue weighted by molar-refractivity contribution is 5.63. The molecule has 0 unspecified atom stereocenters. The van der Waals surface area contributed by atoms with E-state index in [0.717, 1.165) is 16.9 Å². The Balaban J connectivity index is 0.000000791. The monoisotopic (exact) mass is 192 g/mol. The zero-order valence-electron chi connectivity index (χ0n) is 9.85. The van der Waals surface area contributed by atoms with E-state index in [2.05, 4.69) is 12.6 Å². The Morgan fingerprint density at radius 2 is 1.86 bits per heavy atom. The maximum Gasteiger partial charge on any atom is 0.121 e. The van der Waals surface area contributed by atoms with E-state index in [0.29, 0.717) is 0 Å². The van der Waals surface area contributed by atoms with Crippen LogP contribution in [0.3, 0.4) is 0 Å². The molecule has 0 saturated heterocycles. The van der Waals surface area contributed by atoms with Crippen LogP contribution in [0.2, 0.25) is 0 Å². The molecule has 0 spiro atoms. The summed E-state index contributed by atoms with van der Waals surface area (Å²) in [5.41, 5.74) is 3.41. The molecule has 0 aliphatic heterocycles. The van der Waals surface area contributed by atoms with E-state index in [-0.39, 0.29) is 0 Å². The van der Waals surface area contributed by atoms with Crippen molar-refractivity contribution in [2.45, 2.75) is 27.7 Å². The summed E-state index contributed by atoms with van der Waals surface area (Å²) < 4.78 is 5.15. The van der Waals surface area contributed by atoms with Crippen molar-refractivity contribution in [1.82, 2.24) is 0 Å². The molecule has 0 heterocycles. The largest absolute Gasteiger partial charge is 0.496 e. The summed E-state index contributed by atoms with van der Waals surface area (Å²) in [5, 5.41) is 0. The van der Waals surface area contributed by atoms with E-state index in [1.54, 1.807) is 7.11 Å². The summed E-state index contributed by atoms with van der Waals surface area (Å²) >= 11 is 0. The van der Waals surface area contributed by atoms with E-state index in [1.807, 2.05) is 39.8 Å². The second-order valence-electron chi connectivity index (χ2n) is 2.96. The van der Waals surface area contributed by atoms with Crippen LogP contribution in [0.4, 0.5) is 0 Å². The molecule has 0 radical (unpaired) electrons. The molecule has 0 bridgehead atoms. The third-order valence-electron chi connectivity index (χ3n) is 1.89. The van der Waals surface area contributed by atoms with Crippen LogP contribution in [0.1, 0.15) is 31.9 Å². The van der Waals surface area contributed by atoms with Gasteiger partial charge in [0.1, 0.15) is 5.75 Å². The van der Waals surface area contributed by atoms with E-state index >= 15 is 0 Å². The quantitative estimate of drug-likeness (QED) is 0.686. The smallest absolute Gasteiger partial charge is 0.121 e. The fourth-order valence-corrected chi connectivity index (χ4v) is 1.14. The standard InChI is InChI=1S/C11H14O.C2H6/c1-8(2)10-5-6-11(12-4)9(3)7-10;1-2/h5-7H,1H2,2-4H3;1-2H3. The van der Waals surface area contributed by atoms with Crippen molar-refractivity contribution in [3.05, 3.63) is 35.9 Å². The van der Waals surface area contributed by atoms with Gasteiger partial charge < -0.3 is 4.74 Å². The highest BCUT2D eigenvalue weighted by Gasteiger charge is 1.99. The minimum atomic E-state index is 0.931. The molecule has 0 aliphatic carbocycles. The third-order valence-corrected chi connectivity index (χ3v) is 1.89. The average Bonchev–Trinajstić information content (AvgIpc) is 2.20. The third kappa shape index (κ3) is 3.25. The molecule has 1 aromatic rings. The second-order valence-corrected chi connectivity index (χ2v) is 2.96. The molecule has 0 N–H and O–H groups in total. The molecule has 0 amide bonds. The Morgan fingerprint density at radius 3 is 2.21 bits per heavy atom. The van der Waals surface area contributed by atoms with Crippen molar-refractivity contribution in [2.24, 2.45) is 0 Å². The molecule has 78 valence electrons. The van der Waals surface area contributed by atoms with E-state index < -0.39 is 0 Å². The Hall–Kier alpha value is -1.24. The molecule has 0 saturated carbocycles. The molecule has 14 heavy (non-hydrogen) atoms. The van der Waals surface area contributed by atoms with Gasteiger partial charge in [0, 0.05) is 0 Å². The first kappa shape index (κ1) is 12.8. The van der Waals surface area contributed by atoms with Crippen molar-refractivity contribution < 1.29 is 4.74 Å². The minimum absolute atomic E-state index is 0.931. The van der Waals surface area contributed by atoms with Crippen LogP contribution in [-0.4, -0.2) is 7.11 Å². The first-order chi connectivity index (χ1) is 6.65. The zero-order valence-corrected chi connectivity index (χ0v) is 9.85. The Bertz CT molecular complexity index is 300. The molecule has 1 nitrogen and oxygen atoms in total. The predicted octanol–water partition coefficient (Wildman–Crippen LogP) is 4.06. The van der Waals surface area contributed by atoms with E-state index in [1.165, 1.54) is 5.56 Å². The molecular weight excluding hydrogens is 172 g/mol. The van der Waals surface area contributed by atoms with Gasteiger partial charge in [0.25, 0.3) is 0 Å². The first-order valence-corrected chi connectivity index (χ1v) is 4.95. The van der Waals surface area contributed by atoms with Gasteiger partial charge in [0.2, 0.25) is 0 Å². The zero-order chi connectivity index (χ0) is 11.1. The maximum absolute atomic E-state index is 5.15. The number of rotatable bonds is 2. The van der Waals surface area contributed by atoms with Crippen LogP contribution in [0.5, 0.6) is 5.75 Å². The summed E-state index contributed by atoms with van der Waals surface area (Å²) in [6.07, 6.45) is 0. The first-order valence-electron chi connectivity index (χ1n) is 4.95. The van der Waals surface area contributed by atoms with Gasteiger partial charge in [-0.2, -0.15) is 0 Å². The topological polar surface area (TPSA) is 9.23 Å². The molecule has 1 heteroatoms. The molecule has 0 aromatic heterocycles. The Kier molecular flexibility index (Phi) is 5.70. The molecular formula is C13H20O. The van der Waals surface area contributed by atoms with Crippen LogP contribution in [0.15, 0.2) is 24.8 Å². The van der Waals surface area contributed by atoms with Crippen molar-refractivity contribution in [3.63, 3.8) is 0 Å². The number of aryl methyl sites for hydroxylation is 1. The SMILES string of the molecule is C=C(C)c1ccc(OC)c(C)c1.CC. The predicted molar refractivity (Wildman–Crippen MR) is 63.8 cm³/mol. The van der Waals surface area contributed by atoms with Crippen molar-refractivity contribution in [1.29, 1.82) is 0 Å². The van der Waals surface area contributed by atoms with Gasteiger partial charge >= 0.3 is 0 Å². The number of allylic oxidation sites excluding steroid dienone is 1. The van der Waals surface area contributed by atoms with Crippen LogP contribution in [0.25, 0.3) is 5.57 Å². The van der Waals surface area contributed by atoms with Crippen LogP contribution < -0.4 is 4.74 Å². The second kappa shape index (κ2) is 6.25. The maximum atomic E-state index is 5.15. The fraction of sp³-hybridized carbons (Fsp3) is 0.385. The van der Waals surface area contributed by atoms with Crippen LogP contribution in [-0.2, 0) is 0 Å². The van der Waals surface area contributed by atoms with Gasteiger partial charge in [-0.3, -0.25) is 0 Å². The summed E-state index contributed by atoms with van der Waals surface area (Å²) in [5.74, 6) is 0.931. The van der Waals surface area contributed by atoms with Crippen molar-refractivity contribution in [2.75, 3.05) is 7.11 Å². The average molecular weight is 192 g/mol. The number of ether oxygens (including phenoxy) is 1. The Morgan fingerprint density at radius 1 is 1.29 bits per heavy atom. The summed E-state index contributed by atoms with van der Waals surface area (Å²) in [4.78, 5) is 0. The number of benzene rings is 1. The summed E-state index contributed by atoms with van der Waals surface area (Å²) in [6.45, 7) is 11.9. The lowest BCUT2D eigenvalue weighted by atomic mass is 10.1. The normalized spacial score (nSPS) is 8.64. The molecule has 0 atom stereocenters.